The molecular weight excluding hydrogens is 247 g/mol. The van der Waals surface area contributed by atoms with Gasteiger partial charge in [0.15, 0.2) is 0 Å². The van der Waals surface area contributed by atoms with Crippen molar-refractivity contribution in [1.29, 1.82) is 0 Å². The van der Waals surface area contributed by atoms with Gasteiger partial charge >= 0.3 is 6.15 Å². The molecule has 0 spiro atoms. The lowest BCUT2D eigenvalue weighted by molar-refractivity contribution is -0.191. The van der Waals surface area contributed by atoms with Gasteiger partial charge in [0, 0.05) is 18.3 Å². The van der Waals surface area contributed by atoms with E-state index in [2.05, 4.69) is 0 Å². The Hall–Kier alpha value is -1.80. The average molecular weight is 264 g/mol. The summed E-state index contributed by atoms with van der Waals surface area (Å²) in [5, 5.41) is 0. The summed E-state index contributed by atoms with van der Waals surface area (Å²) >= 11 is 0. The zero-order chi connectivity index (χ0) is 14.1. The summed E-state index contributed by atoms with van der Waals surface area (Å²) in [4.78, 5) is 27.4. The number of carbonyl (C=O) groups is 1. The minimum Gasteiger partial charge on any atom is -0.300 e. The van der Waals surface area contributed by atoms with Crippen molar-refractivity contribution in [3.8, 4) is 0 Å². The molecule has 1 aromatic carbocycles. The minimum absolute atomic E-state index is 0.250. The zero-order valence-corrected chi connectivity index (χ0v) is 10.7. The van der Waals surface area contributed by atoms with E-state index in [1.165, 1.54) is 5.56 Å². The van der Waals surface area contributed by atoms with Gasteiger partial charge < -0.3 is 0 Å². The standard InChI is InChI=1S/C14H17FO.CO2/c15-11-14(8-6-13(16)7-9-14)10-12-4-2-1-3-5-12;2-1-3/h1-5H,6-11H2;. The number of benzene rings is 1. The van der Waals surface area contributed by atoms with Crippen molar-refractivity contribution in [1.82, 2.24) is 0 Å². The van der Waals surface area contributed by atoms with Gasteiger partial charge in [-0.1, -0.05) is 30.3 Å². The predicted octanol–water partition coefficient (Wildman–Crippen LogP) is 2.74. The van der Waals surface area contributed by atoms with Crippen molar-refractivity contribution in [2.24, 2.45) is 5.41 Å². The molecular formula is C15H17FO3. The highest BCUT2D eigenvalue weighted by molar-refractivity contribution is 5.79. The van der Waals surface area contributed by atoms with Gasteiger partial charge in [-0.05, 0) is 24.8 Å². The lowest BCUT2D eigenvalue weighted by Crippen LogP contribution is -2.31. The fourth-order valence-electron chi connectivity index (χ4n) is 2.45. The van der Waals surface area contributed by atoms with Crippen LogP contribution in [0.3, 0.4) is 0 Å². The average Bonchev–Trinajstić information content (AvgIpc) is 2.44. The second kappa shape index (κ2) is 7.59. The Morgan fingerprint density at radius 3 is 2.11 bits per heavy atom. The summed E-state index contributed by atoms with van der Waals surface area (Å²) in [5.41, 5.74) is 0.893. The third kappa shape index (κ3) is 4.76. The maximum absolute atomic E-state index is 13.2. The van der Waals surface area contributed by atoms with Crippen LogP contribution in [0.1, 0.15) is 31.2 Å². The number of hydrogen-bond donors (Lipinski definition) is 0. The van der Waals surface area contributed by atoms with Crippen molar-refractivity contribution in [3.05, 3.63) is 35.9 Å². The highest BCUT2D eigenvalue weighted by atomic mass is 19.1. The van der Waals surface area contributed by atoms with Gasteiger partial charge in [0.25, 0.3) is 0 Å². The van der Waals surface area contributed by atoms with E-state index in [9.17, 15) is 9.18 Å². The first-order valence-electron chi connectivity index (χ1n) is 6.27. The first kappa shape index (κ1) is 15.3. The highest BCUT2D eigenvalue weighted by Gasteiger charge is 2.34. The molecule has 3 nitrogen and oxygen atoms in total. The molecule has 0 N–H and O–H groups in total. The molecule has 0 saturated heterocycles. The van der Waals surface area contributed by atoms with E-state index < -0.39 is 0 Å². The quantitative estimate of drug-likeness (QED) is 0.843. The molecule has 2 rings (SSSR count). The molecule has 0 heterocycles. The van der Waals surface area contributed by atoms with Crippen molar-refractivity contribution >= 4 is 11.9 Å². The van der Waals surface area contributed by atoms with E-state index >= 15 is 0 Å². The van der Waals surface area contributed by atoms with Crippen LogP contribution >= 0.6 is 0 Å². The number of ketones is 1. The SMILES string of the molecule is O=C1CCC(CF)(Cc2ccccc2)CC1.O=C=O. The molecule has 1 saturated carbocycles. The molecule has 1 aliphatic carbocycles. The molecule has 1 aliphatic rings. The van der Waals surface area contributed by atoms with Crippen LogP contribution < -0.4 is 0 Å². The molecule has 0 aromatic heterocycles. The van der Waals surface area contributed by atoms with Gasteiger partial charge in [-0.2, -0.15) is 9.59 Å². The lowest BCUT2D eigenvalue weighted by atomic mass is 9.71. The molecule has 0 atom stereocenters. The van der Waals surface area contributed by atoms with E-state index in [0.29, 0.717) is 25.7 Å². The summed E-state index contributed by atoms with van der Waals surface area (Å²) in [6.07, 6.45) is 3.53. The Morgan fingerprint density at radius 2 is 1.63 bits per heavy atom. The van der Waals surface area contributed by atoms with Gasteiger partial charge in [0.05, 0.1) is 6.67 Å². The number of Topliss-reactive ketones (excluding diaryl/α,β-unsaturated/α-hetero) is 1. The number of hydrogen-bond acceptors (Lipinski definition) is 3. The van der Waals surface area contributed by atoms with E-state index in [4.69, 9.17) is 9.59 Å². The molecule has 1 fully saturated rings. The molecule has 0 bridgehead atoms. The van der Waals surface area contributed by atoms with Gasteiger partial charge in [0.2, 0.25) is 0 Å². The molecule has 0 radical (unpaired) electrons. The minimum atomic E-state index is -0.310. The highest BCUT2D eigenvalue weighted by Crippen LogP contribution is 2.38. The summed E-state index contributed by atoms with van der Waals surface area (Å²) in [7, 11) is 0. The molecule has 19 heavy (non-hydrogen) atoms. The van der Waals surface area contributed by atoms with Crippen LogP contribution in [-0.4, -0.2) is 18.6 Å². The van der Waals surface area contributed by atoms with Crippen molar-refractivity contribution in [3.63, 3.8) is 0 Å². The van der Waals surface area contributed by atoms with E-state index in [0.717, 1.165) is 6.42 Å². The van der Waals surface area contributed by atoms with Crippen LogP contribution in [0.5, 0.6) is 0 Å². The van der Waals surface area contributed by atoms with Gasteiger partial charge in [-0.15, -0.1) is 0 Å². The molecule has 0 amide bonds. The number of halogens is 1. The van der Waals surface area contributed by atoms with Crippen LogP contribution in [0.4, 0.5) is 4.39 Å². The van der Waals surface area contributed by atoms with Crippen LogP contribution in [0, 0.1) is 5.41 Å². The van der Waals surface area contributed by atoms with Crippen molar-refractivity contribution in [2.45, 2.75) is 32.1 Å². The van der Waals surface area contributed by atoms with Crippen LogP contribution in [0.2, 0.25) is 0 Å². The molecule has 0 aliphatic heterocycles. The van der Waals surface area contributed by atoms with Crippen molar-refractivity contribution in [2.75, 3.05) is 6.67 Å². The third-order valence-corrected chi connectivity index (χ3v) is 3.57. The van der Waals surface area contributed by atoms with Gasteiger partial charge in [0.1, 0.15) is 5.78 Å². The fraction of sp³-hybridized carbons (Fsp3) is 0.467. The Bertz CT molecular complexity index is 426. The largest absolute Gasteiger partial charge is 0.373 e. The lowest BCUT2D eigenvalue weighted by Gasteiger charge is -2.34. The van der Waals surface area contributed by atoms with Gasteiger partial charge in [-0.3, -0.25) is 9.18 Å². The maximum atomic E-state index is 13.2. The molecule has 102 valence electrons. The zero-order valence-electron chi connectivity index (χ0n) is 10.7. The Kier molecular flexibility index (Phi) is 6.10. The fourth-order valence-corrected chi connectivity index (χ4v) is 2.45. The van der Waals surface area contributed by atoms with Crippen molar-refractivity contribution < 1.29 is 18.8 Å². The van der Waals surface area contributed by atoms with E-state index in [1.807, 2.05) is 30.3 Å². The summed E-state index contributed by atoms with van der Waals surface area (Å²) < 4.78 is 13.2. The van der Waals surface area contributed by atoms with Crippen LogP contribution in [0.15, 0.2) is 30.3 Å². The monoisotopic (exact) mass is 264 g/mol. The second-order valence-electron chi connectivity index (χ2n) is 4.92. The Morgan fingerprint density at radius 1 is 1.11 bits per heavy atom. The predicted molar refractivity (Wildman–Crippen MR) is 67.0 cm³/mol. The summed E-state index contributed by atoms with van der Waals surface area (Å²) in [6.45, 7) is -0.310. The Labute approximate surface area is 111 Å². The summed E-state index contributed by atoms with van der Waals surface area (Å²) in [6, 6.07) is 10.0. The molecule has 0 unspecified atom stereocenters. The normalized spacial score (nSPS) is 17.0. The maximum Gasteiger partial charge on any atom is 0.373 e. The Balaban J connectivity index is 0.000000550. The van der Waals surface area contributed by atoms with Gasteiger partial charge in [-0.25, -0.2) is 0 Å². The number of alkyl halides is 1. The number of carbonyl (C=O) groups excluding carboxylic acids is 3. The molecule has 4 heteroatoms. The second-order valence-corrected chi connectivity index (χ2v) is 4.92. The van der Waals surface area contributed by atoms with Crippen LogP contribution in [0.25, 0.3) is 0 Å². The van der Waals surface area contributed by atoms with E-state index in [1.54, 1.807) is 0 Å². The molecule has 1 aromatic rings. The first-order valence-corrected chi connectivity index (χ1v) is 6.27. The summed E-state index contributed by atoms with van der Waals surface area (Å²) in [5.74, 6) is 0.289. The number of rotatable bonds is 3. The smallest absolute Gasteiger partial charge is 0.300 e. The first-order chi connectivity index (χ1) is 9.15. The third-order valence-electron chi connectivity index (χ3n) is 3.57. The topological polar surface area (TPSA) is 51.2 Å². The van der Waals surface area contributed by atoms with Crippen LogP contribution in [-0.2, 0) is 20.8 Å². The van der Waals surface area contributed by atoms with E-state index in [-0.39, 0.29) is 24.0 Å².